The van der Waals surface area contributed by atoms with E-state index in [1.54, 1.807) is 0 Å². The molecule has 2 aliphatic rings. The van der Waals surface area contributed by atoms with Crippen molar-refractivity contribution in [1.82, 2.24) is 5.32 Å². The van der Waals surface area contributed by atoms with Gasteiger partial charge in [0.2, 0.25) is 0 Å². The number of fused-ring (bicyclic) bond motifs is 3. The number of rotatable bonds is 3. The molecular weight excluding hydrogens is 332 g/mol. The van der Waals surface area contributed by atoms with Crippen molar-refractivity contribution in [3.63, 3.8) is 0 Å². The fourth-order valence-electron chi connectivity index (χ4n) is 4.48. The first-order valence-electron chi connectivity index (χ1n) is 9.82. The lowest BCUT2D eigenvalue weighted by atomic mass is 9.85. The zero-order valence-electron chi connectivity index (χ0n) is 15.3. The molecule has 0 bridgehead atoms. The summed E-state index contributed by atoms with van der Waals surface area (Å²) in [5.41, 5.74) is 5.20. The third kappa shape index (κ3) is 3.08. The molecule has 0 aromatic heterocycles. The van der Waals surface area contributed by atoms with Crippen molar-refractivity contribution in [2.45, 2.75) is 24.8 Å². The second-order valence-electron chi connectivity index (χ2n) is 7.36. The molecule has 5 rings (SSSR count). The Morgan fingerprint density at radius 3 is 2.44 bits per heavy atom. The van der Waals surface area contributed by atoms with Gasteiger partial charge in [0.05, 0.1) is 0 Å². The summed E-state index contributed by atoms with van der Waals surface area (Å²) in [5, 5.41) is 7.32. The molecule has 2 atom stereocenters. The van der Waals surface area contributed by atoms with Crippen LogP contribution in [0.1, 0.15) is 24.3 Å². The Balaban J connectivity index is 1.58. The van der Waals surface area contributed by atoms with E-state index in [4.69, 9.17) is 4.74 Å². The van der Waals surface area contributed by atoms with E-state index in [9.17, 15) is 0 Å². The van der Waals surface area contributed by atoms with Gasteiger partial charge < -0.3 is 15.4 Å². The van der Waals surface area contributed by atoms with Crippen LogP contribution in [0, 0.1) is 0 Å². The maximum Gasteiger partial charge on any atom is 0.135 e. The fourth-order valence-corrected chi connectivity index (χ4v) is 4.48. The second kappa shape index (κ2) is 7.09. The molecule has 136 valence electrons. The van der Waals surface area contributed by atoms with E-state index < -0.39 is 0 Å². The average Bonchev–Trinajstić information content (AvgIpc) is 2.91. The Hall–Kier alpha value is -2.78. The number of anilines is 1. The van der Waals surface area contributed by atoms with Crippen LogP contribution in [0.25, 0.3) is 11.1 Å². The third-order valence-corrected chi connectivity index (χ3v) is 5.72. The lowest BCUT2D eigenvalue weighted by molar-refractivity contribution is 0.484. The number of hydrogen-bond acceptors (Lipinski definition) is 3. The summed E-state index contributed by atoms with van der Waals surface area (Å²) in [4.78, 5) is 0. The van der Waals surface area contributed by atoms with Gasteiger partial charge in [-0.1, -0.05) is 48.5 Å². The molecule has 0 saturated carbocycles. The summed E-state index contributed by atoms with van der Waals surface area (Å²) in [5.74, 6) is 2.33. The summed E-state index contributed by atoms with van der Waals surface area (Å²) in [7, 11) is 0. The number of para-hydroxylation sites is 2. The molecule has 0 amide bonds. The first-order chi connectivity index (χ1) is 13.4. The Bertz CT molecular complexity index is 938. The van der Waals surface area contributed by atoms with E-state index in [0.29, 0.717) is 12.0 Å². The summed E-state index contributed by atoms with van der Waals surface area (Å²) in [6, 6.07) is 25.6. The zero-order chi connectivity index (χ0) is 18.1. The van der Waals surface area contributed by atoms with Gasteiger partial charge >= 0.3 is 0 Å². The summed E-state index contributed by atoms with van der Waals surface area (Å²) < 4.78 is 6.25. The topological polar surface area (TPSA) is 33.3 Å². The molecular formula is C24H24N2O. The molecule has 2 aliphatic heterocycles. The van der Waals surface area contributed by atoms with E-state index in [1.165, 1.54) is 29.7 Å². The molecule has 3 nitrogen and oxygen atoms in total. The highest BCUT2D eigenvalue weighted by Crippen LogP contribution is 2.47. The Kier molecular flexibility index (Phi) is 4.30. The van der Waals surface area contributed by atoms with Gasteiger partial charge in [0.15, 0.2) is 0 Å². The van der Waals surface area contributed by atoms with Crippen LogP contribution in [0.4, 0.5) is 5.69 Å². The first-order valence-corrected chi connectivity index (χ1v) is 9.82. The van der Waals surface area contributed by atoms with Crippen LogP contribution in [-0.4, -0.2) is 19.1 Å². The van der Waals surface area contributed by atoms with E-state index in [0.717, 1.165) is 30.2 Å². The lowest BCUT2D eigenvalue weighted by Crippen LogP contribution is -2.21. The van der Waals surface area contributed by atoms with Crippen LogP contribution < -0.4 is 15.4 Å². The van der Waals surface area contributed by atoms with E-state index in [-0.39, 0.29) is 0 Å². The van der Waals surface area contributed by atoms with Crippen molar-refractivity contribution < 1.29 is 4.74 Å². The standard InChI is InChI=1S/C24H24N2O/c1-2-7-17(8-3-1)27-23-12-5-4-9-18(23)19-10-6-11-22-24(19)20-13-15-25-16-14-21(20)26-22/h1-12,20-21,25-26H,13-16H2/t20-,21-/m0/s1. The van der Waals surface area contributed by atoms with Crippen LogP contribution in [0.15, 0.2) is 72.8 Å². The third-order valence-electron chi connectivity index (χ3n) is 5.72. The van der Waals surface area contributed by atoms with Crippen molar-refractivity contribution in [1.29, 1.82) is 0 Å². The van der Waals surface area contributed by atoms with E-state index in [2.05, 4.69) is 47.0 Å². The Labute approximate surface area is 160 Å². The fraction of sp³-hybridized carbons (Fsp3) is 0.250. The van der Waals surface area contributed by atoms with Crippen molar-refractivity contribution in [3.8, 4) is 22.6 Å². The van der Waals surface area contributed by atoms with Gasteiger partial charge in [0.25, 0.3) is 0 Å². The van der Waals surface area contributed by atoms with Gasteiger partial charge in [0, 0.05) is 23.2 Å². The van der Waals surface area contributed by atoms with Crippen LogP contribution >= 0.6 is 0 Å². The number of nitrogens with one attached hydrogen (secondary N) is 2. The minimum Gasteiger partial charge on any atom is -0.457 e. The van der Waals surface area contributed by atoms with Gasteiger partial charge in [-0.3, -0.25) is 0 Å². The smallest absolute Gasteiger partial charge is 0.135 e. The van der Waals surface area contributed by atoms with Crippen molar-refractivity contribution in [3.05, 3.63) is 78.4 Å². The van der Waals surface area contributed by atoms with Crippen LogP contribution in [0.2, 0.25) is 0 Å². The summed E-state index contributed by atoms with van der Waals surface area (Å²) in [6.07, 6.45) is 2.34. The summed E-state index contributed by atoms with van der Waals surface area (Å²) in [6.45, 7) is 2.17. The number of benzene rings is 3. The van der Waals surface area contributed by atoms with Crippen LogP contribution in [0.3, 0.4) is 0 Å². The van der Waals surface area contributed by atoms with Crippen molar-refractivity contribution in [2.24, 2.45) is 0 Å². The molecule has 3 heteroatoms. The van der Waals surface area contributed by atoms with Gasteiger partial charge in [-0.15, -0.1) is 0 Å². The first kappa shape index (κ1) is 16.4. The maximum absolute atomic E-state index is 6.25. The van der Waals surface area contributed by atoms with Crippen molar-refractivity contribution in [2.75, 3.05) is 18.4 Å². The molecule has 1 fully saturated rings. The predicted octanol–water partition coefficient (Wildman–Crippen LogP) is 5.41. The highest BCUT2D eigenvalue weighted by molar-refractivity contribution is 5.81. The molecule has 3 aromatic carbocycles. The van der Waals surface area contributed by atoms with Crippen LogP contribution in [-0.2, 0) is 0 Å². The monoisotopic (exact) mass is 356 g/mol. The van der Waals surface area contributed by atoms with Crippen molar-refractivity contribution >= 4 is 5.69 Å². The number of hydrogen-bond donors (Lipinski definition) is 2. The normalized spacial score (nSPS) is 20.9. The molecule has 0 spiro atoms. The zero-order valence-corrected chi connectivity index (χ0v) is 15.3. The largest absolute Gasteiger partial charge is 0.457 e. The molecule has 1 saturated heterocycles. The molecule has 0 unspecified atom stereocenters. The van der Waals surface area contributed by atoms with Gasteiger partial charge in [-0.25, -0.2) is 0 Å². The van der Waals surface area contributed by atoms with Gasteiger partial charge in [0.1, 0.15) is 11.5 Å². The molecule has 0 aliphatic carbocycles. The lowest BCUT2D eigenvalue weighted by Gasteiger charge is -2.19. The average molecular weight is 356 g/mol. The minimum atomic E-state index is 0.526. The Morgan fingerprint density at radius 1 is 0.741 bits per heavy atom. The molecule has 3 aromatic rings. The number of ether oxygens (including phenoxy) is 1. The van der Waals surface area contributed by atoms with E-state index >= 15 is 0 Å². The van der Waals surface area contributed by atoms with Crippen LogP contribution in [0.5, 0.6) is 11.5 Å². The van der Waals surface area contributed by atoms with Gasteiger partial charge in [-0.05, 0) is 61.3 Å². The van der Waals surface area contributed by atoms with E-state index in [1.807, 2.05) is 36.4 Å². The summed E-state index contributed by atoms with van der Waals surface area (Å²) >= 11 is 0. The minimum absolute atomic E-state index is 0.526. The predicted molar refractivity (Wildman–Crippen MR) is 111 cm³/mol. The quantitative estimate of drug-likeness (QED) is 0.658. The second-order valence-corrected chi connectivity index (χ2v) is 7.36. The SMILES string of the molecule is c1ccc(Oc2ccccc2-c2cccc3c2[C@H]2CCNCC[C@@H]2N3)cc1. The molecule has 2 N–H and O–H groups in total. The Morgan fingerprint density at radius 2 is 1.52 bits per heavy atom. The highest BCUT2D eigenvalue weighted by atomic mass is 16.5. The maximum atomic E-state index is 6.25. The molecule has 27 heavy (non-hydrogen) atoms. The highest BCUT2D eigenvalue weighted by Gasteiger charge is 2.35. The molecule has 2 heterocycles. The molecule has 0 radical (unpaired) electrons. The van der Waals surface area contributed by atoms with Gasteiger partial charge in [-0.2, -0.15) is 0 Å².